The van der Waals surface area contributed by atoms with Crippen molar-refractivity contribution < 1.29 is 0 Å². The fraction of sp³-hybridized carbons (Fsp3) is 0.625. The summed E-state index contributed by atoms with van der Waals surface area (Å²) in [6, 6.07) is 9.11. The Balaban J connectivity index is 1.79. The molecule has 1 atom stereocenters. The number of nitrogens with zero attached hydrogens (tertiary/aromatic N) is 1. The van der Waals surface area contributed by atoms with Crippen molar-refractivity contribution in [1.29, 1.82) is 0 Å². The van der Waals surface area contributed by atoms with E-state index in [4.69, 9.17) is 0 Å². The first kappa shape index (κ1) is 13.6. The molecule has 1 N–H and O–H groups in total. The van der Waals surface area contributed by atoms with Gasteiger partial charge in [0.2, 0.25) is 0 Å². The number of hydrogen-bond acceptors (Lipinski definition) is 2. The van der Waals surface area contributed by atoms with Crippen molar-refractivity contribution in [3.8, 4) is 0 Å². The minimum Gasteiger partial charge on any atom is -0.317 e. The minimum absolute atomic E-state index is 0.847. The maximum Gasteiger partial charge on any atom is 0.0233 e. The van der Waals surface area contributed by atoms with Gasteiger partial charge in [-0.3, -0.25) is 4.90 Å². The van der Waals surface area contributed by atoms with E-state index in [2.05, 4.69) is 48.3 Å². The topological polar surface area (TPSA) is 15.3 Å². The zero-order chi connectivity index (χ0) is 12.8. The minimum atomic E-state index is 0.847. The van der Waals surface area contributed by atoms with E-state index in [9.17, 15) is 0 Å². The quantitative estimate of drug-likeness (QED) is 0.830. The first-order chi connectivity index (χ1) is 8.81. The Morgan fingerprint density at radius 1 is 1.17 bits per heavy atom. The van der Waals surface area contributed by atoms with Gasteiger partial charge in [-0.2, -0.15) is 0 Å². The number of nitrogens with one attached hydrogen (secondary N) is 1. The van der Waals surface area contributed by atoms with Gasteiger partial charge in [-0.25, -0.2) is 0 Å². The summed E-state index contributed by atoms with van der Waals surface area (Å²) in [6.07, 6.45) is 2.48. The second-order valence-electron chi connectivity index (χ2n) is 5.37. The number of rotatable bonds is 6. The van der Waals surface area contributed by atoms with Crippen LogP contribution in [0, 0.1) is 5.92 Å². The van der Waals surface area contributed by atoms with Gasteiger partial charge in [0.25, 0.3) is 0 Å². The van der Waals surface area contributed by atoms with Crippen LogP contribution in [-0.4, -0.2) is 31.1 Å². The average Bonchev–Trinajstić information content (AvgIpc) is 2.85. The molecule has 18 heavy (non-hydrogen) atoms. The van der Waals surface area contributed by atoms with Crippen molar-refractivity contribution in [2.75, 3.05) is 26.2 Å². The normalized spacial score (nSPS) is 20.4. The highest BCUT2D eigenvalue weighted by molar-refractivity contribution is 5.22. The summed E-state index contributed by atoms with van der Waals surface area (Å²) in [7, 11) is 0. The highest BCUT2D eigenvalue weighted by Gasteiger charge is 2.21. The molecule has 1 aliphatic rings. The van der Waals surface area contributed by atoms with E-state index in [1.807, 2.05) is 0 Å². The summed E-state index contributed by atoms with van der Waals surface area (Å²) in [4.78, 5) is 2.59. The predicted molar refractivity (Wildman–Crippen MR) is 77.7 cm³/mol. The fourth-order valence-corrected chi connectivity index (χ4v) is 2.71. The molecule has 0 bridgehead atoms. The molecule has 1 fully saturated rings. The number of aryl methyl sites for hydroxylation is 1. The summed E-state index contributed by atoms with van der Waals surface area (Å²) in [5.74, 6) is 0.847. The Labute approximate surface area is 111 Å². The lowest BCUT2D eigenvalue weighted by atomic mass is 10.1. The monoisotopic (exact) mass is 246 g/mol. The molecule has 0 saturated carbocycles. The van der Waals surface area contributed by atoms with Gasteiger partial charge in [-0.05, 0) is 49.5 Å². The van der Waals surface area contributed by atoms with Gasteiger partial charge in [0.05, 0.1) is 0 Å². The lowest BCUT2D eigenvalue weighted by Gasteiger charge is -2.16. The van der Waals surface area contributed by atoms with Gasteiger partial charge in [-0.1, -0.05) is 38.1 Å². The van der Waals surface area contributed by atoms with E-state index in [1.165, 1.54) is 37.2 Å². The first-order valence-corrected chi connectivity index (χ1v) is 7.32. The van der Waals surface area contributed by atoms with Crippen LogP contribution in [0.3, 0.4) is 0 Å². The second kappa shape index (κ2) is 6.91. The molecule has 2 heteroatoms. The summed E-state index contributed by atoms with van der Waals surface area (Å²) < 4.78 is 0. The Morgan fingerprint density at radius 2 is 1.89 bits per heavy atom. The van der Waals surface area contributed by atoms with E-state index < -0.39 is 0 Å². The summed E-state index contributed by atoms with van der Waals surface area (Å²) in [5, 5.41) is 3.46. The summed E-state index contributed by atoms with van der Waals surface area (Å²) >= 11 is 0. The standard InChI is InChI=1S/C16H26N2/c1-3-14-5-7-15(8-6-14)12-18-10-9-16(13-18)11-17-4-2/h5-8,16-17H,3-4,9-13H2,1-2H3. The van der Waals surface area contributed by atoms with Crippen LogP contribution in [0.2, 0.25) is 0 Å². The molecule has 1 heterocycles. The Kier molecular flexibility index (Phi) is 5.21. The zero-order valence-electron chi connectivity index (χ0n) is 11.8. The van der Waals surface area contributed by atoms with Gasteiger partial charge >= 0.3 is 0 Å². The van der Waals surface area contributed by atoms with Crippen LogP contribution in [0.1, 0.15) is 31.4 Å². The third-order valence-electron chi connectivity index (χ3n) is 3.89. The van der Waals surface area contributed by atoms with Crippen LogP contribution in [-0.2, 0) is 13.0 Å². The number of hydrogen-bond donors (Lipinski definition) is 1. The molecule has 0 radical (unpaired) electrons. The highest BCUT2D eigenvalue weighted by Crippen LogP contribution is 2.18. The molecule has 1 aromatic rings. The summed E-state index contributed by atoms with van der Waals surface area (Å²) in [6.45, 7) is 10.3. The van der Waals surface area contributed by atoms with Crippen LogP contribution in [0.15, 0.2) is 24.3 Å². The molecule has 100 valence electrons. The Hall–Kier alpha value is -0.860. The lowest BCUT2D eigenvalue weighted by Crippen LogP contribution is -2.26. The molecule has 1 aliphatic heterocycles. The largest absolute Gasteiger partial charge is 0.317 e. The molecule has 1 unspecified atom stereocenters. The molecule has 0 spiro atoms. The predicted octanol–water partition coefficient (Wildman–Crippen LogP) is 2.68. The first-order valence-electron chi connectivity index (χ1n) is 7.32. The van der Waals surface area contributed by atoms with Gasteiger partial charge in [0, 0.05) is 13.1 Å². The molecule has 2 nitrogen and oxygen atoms in total. The van der Waals surface area contributed by atoms with Crippen LogP contribution in [0.25, 0.3) is 0 Å². The maximum absolute atomic E-state index is 3.46. The number of likely N-dealkylation sites (tertiary alicyclic amines) is 1. The van der Waals surface area contributed by atoms with Crippen molar-refractivity contribution in [1.82, 2.24) is 10.2 Å². The Bertz CT molecular complexity index is 345. The molecule has 1 aromatic carbocycles. The smallest absolute Gasteiger partial charge is 0.0233 e. The van der Waals surface area contributed by atoms with Gasteiger partial charge in [0.15, 0.2) is 0 Å². The SMILES string of the molecule is CCNCC1CCN(Cc2ccc(CC)cc2)C1. The van der Waals surface area contributed by atoms with Gasteiger partial charge in [-0.15, -0.1) is 0 Å². The highest BCUT2D eigenvalue weighted by atomic mass is 15.1. The maximum atomic E-state index is 3.46. The van der Waals surface area contributed by atoms with E-state index >= 15 is 0 Å². The van der Waals surface area contributed by atoms with Crippen LogP contribution >= 0.6 is 0 Å². The third-order valence-corrected chi connectivity index (χ3v) is 3.89. The van der Waals surface area contributed by atoms with Crippen molar-refractivity contribution >= 4 is 0 Å². The molecular formula is C16H26N2. The van der Waals surface area contributed by atoms with Crippen LogP contribution < -0.4 is 5.32 Å². The molecule has 0 aliphatic carbocycles. The average molecular weight is 246 g/mol. The zero-order valence-corrected chi connectivity index (χ0v) is 11.8. The Morgan fingerprint density at radius 3 is 2.56 bits per heavy atom. The van der Waals surface area contributed by atoms with E-state index in [0.29, 0.717) is 0 Å². The van der Waals surface area contributed by atoms with Crippen molar-refractivity contribution in [3.05, 3.63) is 35.4 Å². The molecule has 1 saturated heterocycles. The van der Waals surface area contributed by atoms with Crippen molar-refractivity contribution in [2.45, 2.75) is 33.2 Å². The van der Waals surface area contributed by atoms with E-state index in [0.717, 1.165) is 25.4 Å². The van der Waals surface area contributed by atoms with Gasteiger partial charge in [0.1, 0.15) is 0 Å². The van der Waals surface area contributed by atoms with Crippen LogP contribution in [0.5, 0.6) is 0 Å². The fourth-order valence-electron chi connectivity index (χ4n) is 2.71. The molecule has 0 aromatic heterocycles. The second-order valence-corrected chi connectivity index (χ2v) is 5.37. The van der Waals surface area contributed by atoms with E-state index in [1.54, 1.807) is 0 Å². The molecule has 2 rings (SSSR count). The lowest BCUT2D eigenvalue weighted by molar-refractivity contribution is 0.314. The van der Waals surface area contributed by atoms with Gasteiger partial charge < -0.3 is 5.32 Å². The van der Waals surface area contributed by atoms with E-state index in [-0.39, 0.29) is 0 Å². The van der Waals surface area contributed by atoms with Crippen LogP contribution in [0.4, 0.5) is 0 Å². The number of benzene rings is 1. The van der Waals surface area contributed by atoms with Crippen molar-refractivity contribution in [3.63, 3.8) is 0 Å². The molecule has 0 amide bonds. The van der Waals surface area contributed by atoms with Crippen molar-refractivity contribution in [2.24, 2.45) is 5.92 Å². The third kappa shape index (κ3) is 3.82. The molecular weight excluding hydrogens is 220 g/mol. The summed E-state index contributed by atoms with van der Waals surface area (Å²) in [5.41, 5.74) is 2.89.